The Labute approximate surface area is 220 Å². The number of rotatable bonds is 11. The maximum absolute atomic E-state index is 12.8. The molecule has 0 unspecified atom stereocenters. The number of hydrogen-bond acceptors (Lipinski definition) is 6. The molecular formula is C31H36N2O4. The van der Waals surface area contributed by atoms with Crippen LogP contribution in [-0.2, 0) is 4.79 Å². The minimum Gasteiger partial charge on any atom is -0.425 e. The Morgan fingerprint density at radius 1 is 0.811 bits per heavy atom. The first-order valence-electron chi connectivity index (χ1n) is 13.5. The van der Waals surface area contributed by atoms with E-state index in [1.54, 1.807) is 12.1 Å². The van der Waals surface area contributed by atoms with Crippen LogP contribution in [0.5, 0.6) is 11.5 Å². The Bertz CT molecular complexity index is 1150. The molecule has 6 heteroatoms. The van der Waals surface area contributed by atoms with Crippen molar-refractivity contribution < 1.29 is 19.1 Å². The molecule has 0 radical (unpaired) electrons. The number of benzene rings is 2. The smallest absolute Gasteiger partial charge is 0.343 e. The average Bonchev–Trinajstić information content (AvgIpc) is 2.93. The third-order valence-electron chi connectivity index (χ3n) is 7.19. The van der Waals surface area contributed by atoms with Crippen LogP contribution in [0.25, 0.3) is 0 Å². The molecule has 0 N–H and O–H groups in total. The molecule has 0 amide bonds. The van der Waals surface area contributed by atoms with E-state index in [0.717, 1.165) is 12.3 Å². The lowest BCUT2D eigenvalue weighted by Crippen LogP contribution is -2.14. The summed E-state index contributed by atoms with van der Waals surface area (Å²) in [5, 5.41) is 19.2. The van der Waals surface area contributed by atoms with E-state index in [2.05, 4.69) is 6.92 Å². The van der Waals surface area contributed by atoms with E-state index >= 15 is 0 Å². The molecule has 6 nitrogen and oxygen atoms in total. The van der Waals surface area contributed by atoms with Crippen molar-refractivity contribution in [2.24, 2.45) is 5.92 Å². The summed E-state index contributed by atoms with van der Waals surface area (Å²) in [5.41, 5.74) is 1.35. The molecule has 0 atom stereocenters. The molecule has 2 aromatic carbocycles. The van der Waals surface area contributed by atoms with E-state index in [4.69, 9.17) is 9.47 Å². The zero-order valence-electron chi connectivity index (χ0n) is 21.9. The molecule has 0 bridgehead atoms. The zero-order chi connectivity index (χ0) is 26.6. The molecule has 1 aliphatic carbocycles. The number of unbranched alkanes of at least 4 members (excludes halogenated alkanes) is 3. The summed E-state index contributed by atoms with van der Waals surface area (Å²) < 4.78 is 10.8. The van der Waals surface area contributed by atoms with Crippen LogP contribution in [0.4, 0.5) is 0 Å². The van der Waals surface area contributed by atoms with Crippen LogP contribution >= 0.6 is 0 Å². The largest absolute Gasteiger partial charge is 0.425 e. The number of carbonyl (C=O) groups excluding carboxylic acids is 2. The van der Waals surface area contributed by atoms with Crippen molar-refractivity contribution >= 4 is 11.9 Å². The van der Waals surface area contributed by atoms with E-state index in [1.165, 1.54) is 69.1 Å². The van der Waals surface area contributed by atoms with Crippen molar-refractivity contribution in [3.8, 4) is 23.6 Å². The minimum absolute atomic E-state index is 0.00982. The van der Waals surface area contributed by atoms with Gasteiger partial charge in [-0.05, 0) is 73.8 Å². The van der Waals surface area contributed by atoms with E-state index in [9.17, 15) is 20.1 Å². The highest BCUT2D eigenvalue weighted by atomic mass is 16.5. The van der Waals surface area contributed by atoms with Gasteiger partial charge in [0.1, 0.15) is 29.0 Å². The highest BCUT2D eigenvalue weighted by Gasteiger charge is 2.23. The summed E-state index contributed by atoms with van der Waals surface area (Å²) >= 11 is 0. The highest BCUT2D eigenvalue weighted by Crippen LogP contribution is 2.38. The van der Waals surface area contributed by atoms with Crippen LogP contribution in [0.15, 0.2) is 36.4 Å². The number of ether oxygens (including phenoxy) is 2. The van der Waals surface area contributed by atoms with Gasteiger partial charge in [-0.3, -0.25) is 4.79 Å². The standard InChI is InChI=1S/C31H36N2O4/c1-3-5-7-8-22-10-12-23(13-11-22)24-14-16-25(17-15-24)31(35)37-29-19-18-28(26(20-32)27(29)21-33)36-30(34)9-6-4-2/h14-19,22-23H,3-13H2,1-2H3. The topological polar surface area (TPSA) is 100 Å². The lowest BCUT2D eigenvalue weighted by molar-refractivity contribution is -0.134. The minimum atomic E-state index is -0.612. The Hall–Kier alpha value is -3.64. The maximum atomic E-state index is 12.8. The number of esters is 2. The van der Waals surface area contributed by atoms with Gasteiger partial charge in [0.25, 0.3) is 0 Å². The van der Waals surface area contributed by atoms with Gasteiger partial charge in [0.2, 0.25) is 0 Å². The van der Waals surface area contributed by atoms with Crippen LogP contribution in [0.2, 0.25) is 0 Å². The summed E-state index contributed by atoms with van der Waals surface area (Å²) in [6.07, 6.45) is 11.9. The number of nitriles is 2. The van der Waals surface area contributed by atoms with Gasteiger partial charge in [-0.15, -0.1) is 0 Å². The van der Waals surface area contributed by atoms with Crippen molar-refractivity contribution in [3.63, 3.8) is 0 Å². The molecule has 0 saturated heterocycles. The average molecular weight is 501 g/mol. The first-order chi connectivity index (χ1) is 18.0. The lowest BCUT2D eigenvalue weighted by atomic mass is 9.77. The van der Waals surface area contributed by atoms with Gasteiger partial charge >= 0.3 is 11.9 Å². The normalized spacial score (nSPS) is 16.9. The van der Waals surface area contributed by atoms with Gasteiger partial charge in [0.05, 0.1) is 5.56 Å². The number of hydrogen-bond donors (Lipinski definition) is 0. The van der Waals surface area contributed by atoms with Crippen molar-refractivity contribution in [3.05, 3.63) is 58.7 Å². The molecule has 0 aromatic heterocycles. The summed E-state index contributed by atoms with van der Waals surface area (Å²) in [6.45, 7) is 4.20. The van der Waals surface area contributed by atoms with Crippen LogP contribution in [0.3, 0.4) is 0 Å². The molecule has 2 aromatic rings. The van der Waals surface area contributed by atoms with Gasteiger partial charge in [-0.25, -0.2) is 4.79 Å². The molecule has 0 spiro atoms. The van der Waals surface area contributed by atoms with Gasteiger partial charge in [0.15, 0.2) is 5.75 Å². The van der Waals surface area contributed by atoms with E-state index in [0.29, 0.717) is 17.9 Å². The fourth-order valence-electron chi connectivity index (χ4n) is 4.97. The van der Waals surface area contributed by atoms with Crippen molar-refractivity contribution in [2.45, 2.75) is 90.4 Å². The van der Waals surface area contributed by atoms with Gasteiger partial charge in [-0.2, -0.15) is 10.5 Å². The Morgan fingerprint density at radius 2 is 1.41 bits per heavy atom. The molecule has 1 fully saturated rings. The summed E-state index contributed by atoms with van der Waals surface area (Å²) in [6, 6.07) is 14.1. The zero-order valence-corrected chi connectivity index (χ0v) is 21.9. The third-order valence-corrected chi connectivity index (χ3v) is 7.19. The Kier molecular flexibility index (Phi) is 10.7. The first-order valence-corrected chi connectivity index (χ1v) is 13.5. The monoisotopic (exact) mass is 500 g/mol. The van der Waals surface area contributed by atoms with Crippen molar-refractivity contribution in [1.29, 1.82) is 10.5 Å². The van der Waals surface area contributed by atoms with Crippen LogP contribution < -0.4 is 9.47 Å². The SMILES string of the molecule is CCCCCC1CCC(c2ccc(C(=O)Oc3ccc(OC(=O)CCCC)c(C#N)c3C#N)cc2)CC1. The Morgan fingerprint density at radius 3 is 1.97 bits per heavy atom. The second-order valence-electron chi connectivity index (χ2n) is 9.84. The van der Waals surface area contributed by atoms with Gasteiger partial charge < -0.3 is 9.47 Å². The number of nitrogens with zero attached hydrogens (tertiary/aromatic N) is 2. The maximum Gasteiger partial charge on any atom is 0.343 e. The third kappa shape index (κ3) is 7.67. The van der Waals surface area contributed by atoms with Crippen LogP contribution in [0.1, 0.15) is 117 Å². The van der Waals surface area contributed by atoms with Crippen LogP contribution in [0, 0.1) is 28.6 Å². The second-order valence-corrected chi connectivity index (χ2v) is 9.84. The fraction of sp³-hybridized carbons (Fsp3) is 0.484. The van der Waals surface area contributed by atoms with Gasteiger partial charge in [0, 0.05) is 6.42 Å². The predicted molar refractivity (Wildman–Crippen MR) is 141 cm³/mol. The highest BCUT2D eigenvalue weighted by molar-refractivity contribution is 5.91. The molecule has 1 aliphatic rings. The van der Waals surface area contributed by atoms with E-state index in [1.807, 2.05) is 31.2 Å². The number of carbonyl (C=O) groups is 2. The predicted octanol–water partition coefficient (Wildman–Crippen LogP) is 7.60. The summed E-state index contributed by atoms with van der Waals surface area (Å²) in [7, 11) is 0. The quantitative estimate of drug-likeness (QED) is 0.179. The Balaban J connectivity index is 1.64. The fourth-order valence-corrected chi connectivity index (χ4v) is 4.97. The van der Waals surface area contributed by atoms with Gasteiger partial charge in [-0.1, -0.05) is 58.1 Å². The second kappa shape index (κ2) is 14.2. The molecular weight excluding hydrogens is 464 g/mol. The molecule has 194 valence electrons. The van der Waals surface area contributed by atoms with Crippen molar-refractivity contribution in [1.82, 2.24) is 0 Å². The van der Waals surface area contributed by atoms with E-state index in [-0.39, 0.29) is 29.0 Å². The lowest BCUT2D eigenvalue weighted by Gasteiger charge is -2.29. The first kappa shape index (κ1) is 27.9. The van der Waals surface area contributed by atoms with E-state index < -0.39 is 11.9 Å². The molecule has 0 aliphatic heterocycles. The summed E-state index contributed by atoms with van der Waals surface area (Å²) in [5.74, 6) is 0.225. The van der Waals surface area contributed by atoms with Crippen molar-refractivity contribution in [2.75, 3.05) is 0 Å². The molecule has 37 heavy (non-hydrogen) atoms. The molecule has 0 heterocycles. The molecule has 3 rings (SSSR count). The molecule has 1 saturated carbocycles. The van der Waals surface area contributed by atoms with Crippen LogP contribution in [-0.4, -0.2) is 11.9 Å². The summed E-state index contributed by atoms with van der Waals surface area (Å²) in [4.78, 5) is 24.8.